The first kappa shape index (κ1) is 14.5. The highest BCUT2D eigenvalue weighted by molar-refractivity contribution is 5.25. The molecule has 1 saturated carbocycles. The lowest BCUT2D eigenvalue weighted by molar-refractivity contribution is 0.106. The van der Waals surface area contributed by atoms with Gasteiger partial charge in [0.25, 0.3) is 0 Å². The second kappa shape index (κ2) is 6.51. The quantitative estimate of drug-likeness (QED) is 0.787. The molecule has 19 heavy (non-hydrogen) atoms. The van der Waals surface area contributed by atoms with Gasteiger partial charge in [-0.15, -0.1) is 0 Å². The number of rotatable bonds is 7. The van der Waals surface area contributed by atoms with Crippen molar-refractivity contribution in [3.05, 3.63) is 35.9 Å². The van der Waals surface area contributed by atoms with Crippen molar-refractivity contribution in [1.82, 2.24) is 10.2 Å². The molecule has 0 saturated heterocycles. The first-order valence-corrected chi connectivity index (χ1v) is 7.24. The molecule has 0 bridgehead atoms. The Balaban J connectivity index is 2.05. The van der Waals surface area contributed by atoms with E-state index in [1.807, 2.05) is 25.2 Å². The highest BCUT2D eigenvalue weighted by Crippen LogP contribution is 2.28. The Bertz CT molecular complexity index is 372. The molecule has 0 heterocycles. The Kier molecular flexibility index (Phi) is 4.97. The lowest BCUT2D eigenvalue weighted by Gasteiger charge is -2.38. The Morgan fingerprint density at radius 3 is 2.47 bits per heavy atom. The molecule has 0 amide bonds. The number of hydrogen-bond donors (Lipinski definition) is 2. The molecule has 1 aliphatic carbocycles. The zero-order valence-corrected chi connectivity index (χ0v) is 12.1. The van der Waals surface area contributed by atoms with Gasteiger partial charge in [-0.25, -0.2) is 0 Å². The van der Waals surface area contributed by atoms with E-state index < -0.39 is 0 Å². The third-order valence-corrected chi connectivity index (χ3v) is 4.41. The maximum atomic E-state index is 9.89. The average molecular weight is 262 g/mol. The highest BCUT2D eigenvalue weighted by atomic mass is 16.3. The van der Waals surface area contributed by atoms with Crippen LogP contribution in [0.3, 0.4) is 0 Å². The van der Waals surface area contributed by atoms with Crippen LogP contribution >= 0.6 is 0 Å². The van der Waals surface area contributed by atoms with Crippen LogP contribution in [0, 0.1) is 5.92 Å². The summed E-state index contributed by atoms with van der Waals surface area (Å²) in [6, 6.07) is 10.2. The molecule has 1 fully saturated rings. The van der Waals surface area contributed by atoms with Crippen LogP contribution in [0.5, 0.6) is 0 Å². The van der Waals surface area contributed by atoms with Gasteiger partial charge >= 0.3 is 0 Å². The molecule has 2 N–H and O–H groups in total. The van der Waals surface area contributed by atoms with Crippen LogP contribution in [-0.4, -0.2) is 43.8 Å². The molecule has 1 aromatic carbocycles. The summed E-state index contributed by atoms with van der Waals surface area (Å²) in [5, 5.41) is 13.2. The van der Waals surface area contributed by atoms with E-state index >= 15 is 0 Å². The molecule has 0 radical (unpaired) electrons. The summed E-state index contributed by atoms with van der Waals surface area (Å²) in [5.74, 6) is 0.856. The Morgan fingerprint density at radius 1 is 1.32 bits per heavy atom. The third kappa shape index (κ3) is 3.35. The van der Waals surface area contributed by atoms with E-state index in [0.29, 0.717) is 0 Å². The summed E-state index contributed by atoms with van der Waals surface area (Å²) in [7, 11) is 4.09. The largest absolute Gasteiger partial charge is 0.394 e. The van der Waals surface area contributed by atoms with Crippen LogP contribution in [0.2, 0.25) is 0 Å². The van der Waals surface area contributed by atoms with Crippen LogP contribution < -0.4 is 5.32 Å². The molecule has 2 rings (SSSR count). The zero-order chi connectivity index (χ0) is 13.7. The van der Waals surface area contributed by atoms with Gasteiger partial charge in [0.2, 0.25) is 0 Å². The van der Waals surface area contributed by atoms with Gasteiger partial charge in [0.15, 0.2) is 0 Å². The predicted octanol–water partition coefficient (Wildman–Crippen LogP) is 1.83. The smallest absolute Gasteiger partial charge is 0.0795 e. The molecule has 0 aliphatic heterocycles. The van der Waals surface area contributed by atoms with Crippen molar-refractivity contribution < 1.29 is 5.11 Å². The number of nitrogens with zero attached hydrogens (tertiary/aromatic N) is 1. The number of aliphatic hydroxyl groups is 1. The molecule has 0 aromatic heterocycles. The number of nitrogens with one attached hydrogen (secondary N) is 1. The summed E-state index contributed by atoms with van der Waals surface area (Å²) in [6.07, 6.45) is 4.11. The molecule has 1 aromatic rings. The van der Waals surface area contributed by atoms with E-state index in [-0.39, 0.29) is 12.1 Å². The first-order chi connectivity index (χ1) is 9.20. The first-order valence-electron chi connectivity index (χ1n) is 7.24. The molecular weight excluding hydrogens is 236 g/mol. The highest BCUT2D eigenvalue weighted by Gasteiger charge is 2.32. The molecule has 3 heteroatoms. The summed E-state index contributed by atoms with van der Waals surface area (Å²) >= 11 is 0. The molecule has 1 atom stereocenters. The predicted molar refractivity (Wildman–Crippen MR) is 79.1 cm³/mol. The van der Waals surface area contributed by atoms with Crippen LogP contribution in [0.1, 0.15) is 24.8 Å². The maximum Gasteiger partial charge on any atom is 0.0795 e. The van der Waals surface area contributed by atoms with Crippen molar-refractivity contribution in [1.29, 1.82) is 0 Å². The SMILES string of the molecule is CNC(CO)(CN(C)CC1CCC1)c1ccccc1. The van der Waals surface area contributed by atoms with Crippen LogP contribution in [0.25, 0.3) is 0 Å². The Labute approximate surface area is 116 Å². The number of hydrogen-bond acceptors (Lipinski definition) is 3. The topological polar surface area (TPSA) is 35.5 Å². The summed E-state index contributed by atoms with van der Waals surface area (Å²) in [6.45, 7) is 2.08. The minimum Gasteiger partial charge on any atom is -0.394 e. The van der Waals surface area contributed by atoms with Gasteiger partial charge in [-0.3, -0.25) is 0 Å². The van der Waals surface area contributed by atoms with E-state index in [1.165, 1.54) is 19.3 Å². The monoisotopic (exact) mass is 262 g/mol. The molecule has 1 unspecified atom stereocenters. The lowest BCUT2D eigenvalue weighted by Crippen LogP contribution is -2.52. The van der Waals surface area contributed by atoms with Crippen molar-refractivity contribution in [2.24, 2.45) is 5.92 Å². The van der Waals surface area contributed by atoms with E-state index in [9.17, 15) is 5.11 Å². The van der Waals surface area contributed by atoms with Gasteiger partial charge in [-0.1, -0.05) is 36.8 Å². The Hall–Kier alpha value is -0.900. The Morgan fingerprint density at radius 2 is 2.00 bits per heavy atom. The van der Waals surface area contributed by atoms with Gasteiger partial charge in [-0.05, 0) is 38.4 Å². The number of aliphatic hydroxyl groups excluding tert-OH is 1. The fourth-order valence-corrected chi connectivity index (χ4v) is 2.93. The van der Waals surface area contributed by atoms with E-state index in [2.05, 4.69) is 29.4 Å². The van der Waals surface area contributed by atoms with E-state index in [1.54, 1.807) is 0 Å². The van der Waals surface area contributed by atoms with Gasteiger partial charge < -0.3 is 15.3 Å². The van der Waals surface area contributed by atoms with Crippen LogP contribution in [-0.2, 0) is 5.54 Å². The van der Waals surface area contributed by atoms with Crippen molar-refractivity contribution in [3.63, 3.8) is 0 Å². The maximum absolute atomic E-state index is 9.89. The summed E-state index contributed by atoms with van der Waals surface area (Å²) in [4.78, 5) is 2.35. The fourth-order valence-electron chi connectivity index (χ4n) is 2.93. The number of benzene rings is 1. The molecule has 106 valence electrons. The molecule has 0 spiro atoms. The summed E-state index contributed by atoms with van der Waals surface area (Å²) < 4.78 is 0. The third-order valence-electron chi connectivity index (χ3n) is 4.41. The van der Waals surface area contributed by atoms with Crippen molar-refractivity contribution >= 4 is 0 Å². The van der Waals surface area contributed by atoms with Crippen molar-refractivity contribution in [2.45, 2.75) is 24.8 Å². The standard InChI is InChI=1S/C16H26N2O/c1-17-16(13-19,15-9-4-3-5-10-15)12-18(2)11-14-7-6-8-14/h3-5,9-10,14,17,19H,6-8,11-13H2,1-2H3. The van der Waals surface area contributed by atoms with Gasteiger partial charge in [0, 0.05) is 13.1 Å². The minimum absolute atomic E-state index is 0.114. The van der Waals surface area contributed by atoms with E-state index in [4.69, 9.17) is 0 Å². The van der Waals surface area contributed by atoms with Gasteiger partial charge in [0.1, 0.15) is 0 Å². The minimum atomic E-state index is -0.361. The van der Waals surface area contributed by atoms with Gasteiger partial charge in [-0.2, -0.15) is 0 Å². The van der Waals surface area contributed by atoms with Crippen molar-refractivity contribution in [3.8, 4) is 0 Å². The molecule has 3 nitrogen and oxygen atoms in total. The zero-order valence-electron chi connectivity index (χ0n) is 12.1. The van der Waals surface area contributed by atoms with Crippen molar-refractivity contribution in [2.75, 3.05) is 33.8 Å². The normalized spacial score (nSPS) is 19.2. The second-order valence-corrected chi connectivity index (χ2v) is 5.85. The van der Waals surface area contributed by atoms with Crippen LogP contribution in [0.15, 0.2) is 30.3 Å². The lowest BCUT2D eigenvalue weighted by atomic mass is 9.84. The number of likely N-dealkylation sites (N-methyl/N-ethyl adjacent to an activating group) is 2. The summed E-state index contributed by atoms with van der Waals surface area (Å²) in [5.41, 5.74) is 0.792. The average Bonchev–Trinajstić information content (AvgIpc) is 2.41. The molecule has 1 aliphatic rings. The molecular formula is C16H26N2O. The van der Waals surface area contributed by atoms with Gasteiger partial charge in [0.05, 0.1) is 12.1 Å². The fraction of sp³-hybridized carbons (Fsp3) is 0.625. The van der Waals surface area contributed by atoms with E-state index in [0.717, 1.165) is 24.6 Å². The van der Waals surface area contributed by atoms with Crippen LogP contribution in [0.4, 0.5) is 0 Å². The second-order valence-electron chi connectivity index (χ2n) is 5.85.